The number of ether oxygens (including phenoxy) is 3. The molecule has 17 heavy (non-hydrogen) atoms. The van der Waals surface area contributed by atoms with Crippen LogP contribution in [0.2, 0.25) is 0 Å². The molecule has 0 amide bonds. The van der Waals surface area contributed by atoms with Gasteiger partial charge in [0, 0.05) is 26.1 Å². The number of nitrogens with zero attached hydrogens (tertiary/aromatic N) is 1. The highest BCUT2D eigenvalue weighted by atomic mass is 16.7. The molecule has 0 bridgehead atoms. The van der Waals surface area contributed by atoms with E-state index < -0.39 is 0 Å². The van der Waals surface area contributed by atoms with Crippen molar-refractivity contribution in [1.29, 1.82) is 0 Å². The molecule has 2 aliphatic rings. The lowest BCUT2D eigenvalue weighted by atomic mass is 10.0. The van der Waals surface area contributed by atoms with Gasteiger partial charge in [-0.05, 0) is 32.2 Å². The van der Waals surface area contributed by atoms with Crippen molar-refractivity contribution in [3.05, 3.63) is 0 Å². The summed E-state index contributed by atoms with van der Waals surface area (Å²) < 4.78 is 16.6. The molecule has 0 N–H and O–H groups in total. The van der Waals surface area contributed by atoms with Crippen LogP contribution in [-0.2, 0) is 14.2 Å². The Balaban J connectivity index is 1.57. The second kappa shape index (κ2) is 7.31. The maximum atomic E-state index is 5.54. The average molecular weight is 243 g/mol. The second-order valence-corrected chi connectivity index (χ2v) is 5.16. The fraction of sp³-hybridized carbons (Fsp3) is 1.00. The molecule has 1 atom stereocenters. The van der Waals surface area contributed by atoms with Gasteiger partial charge in [0.05, 0.1) is 19.8 Å². The minimum absolute atomic E-state index is 0.0220. The fourth-order valence-corrected chi connectivity index (χ4v) is 2.51. The Kier molecular flexibility index (Phi) is 5.71. The lowest BCUT2D eigenvalue weighted by Gasteiger charge is -2.29. The first-order valence-electron chi connectivity index (χ1n) is 6.84. The van der Waals surface area contributed by atoms with Gasteiger partial charge in [-0.15, -0.1) is 0 Å². The van der Waals surface area contributed by atoms with Crippen molar-refractivity contribution in [3.8, 4) is 0 Å². The van der Waals surface area contributed by atoms with E-state index in [1.54, 1.807) is 0 Å². The fourth-order valence-electron chi connectivity index (χ4n) is 2.51. The van der Waals surface area contributed by atoms with E-state index >= 15 is 0 Å². The van der Waals surface area contributed by atoms with Gasteiger partial charge in [0.15, 0.2) is 6.29 Å². The zero-order valence-electron chi connectivity index (χ0n) is 10.9. The molecule has 2 fully saturated rings. The summed E-state index contributed by atoms with van der Waals surface area (Å²) in [5.74, 6) is 0.710. The highest BCUT2D eigenvalue weighted by molar-refractivity contribution is 4.67. The number of hydrogen-bond acceptors (Lipinski definition) is 4. The van der Waals surface area contributed by atoms with Gasteiger partial charge in [0.25, 0.3) is 0 Å². The van der Waals surface area contributed by atoms with Crippen LogP contribution in [-0.4, -0.2) is 57.8 Å². The van der Waals surface area contributed by atoms with E-state index in [2.05, 4.69) is 11.9 Å². The van der Waals surface area contributed by atoms with Crippen molar-refractivity contribution < 1.29 is 14.2 Å². The van der Waals surface area contributed by atoms with Crippen LogP contribution >= 0.6 is 0 Å². The van der Waals surface area contributed by atoms with E-state index in [-0.39, 0.29) is 6.29 Å². The molecule has 100 valence electrons. The van der Waals surface area contributed by atoms with Gasteiger partial charge >= 0.3 is 0 Å². The molecule has 2 aliphatic heterocycles. The third-order valence-electron chi connectivity index (χ3n) is 3.47. The summed E-state index contributed by atoms with van der Waals surface area (Å²) in [5.41, 5.74) is 0. The summed E-state index contributed by atoms with van der Waals surface area (Å²) in [6, 6.07) is 0. The first kappa shape index (κ1) is 13.3. The molecular weight excluding hydrogens is 218 g/mol. The smallest absolute Gasteiger partial charge is 0.158 e. The third-order valence-corrected chi connectivity index (χ3v) is 3.47. The third kappa shape index (κ3) is 4.92. The first-order valence-corrected chi connectivity index (χ1v) is 6.84. The molecule has 0 aromatic carbocycles. The molecule has 1 unspecified atom stereocenters. The van der Waals surface area contributed by atoms with Crippen molar-refractivity contribution in [2.24, 2.45) is 5.92 Å². The Labute approximate surface area is 104 Å². The molecule has 0 saturated carbocycles. The zero-order chi connectivity index (χ0) is 11.9. The normalized spacial score (nSPS) is 27.5. The van der Waals surface area contributed by atoms with Gasteiger partial charge in [-0.25, -0.2) is 0 Å². The first-order chi connectivity index (χ1) is 8.34. The Morgan fingerprint density at radius 2 is 1.94 bits per heavy atom. The van der Waals surface area contributed by atoms with Crippen LogP contribution in [0.1, 0.15) is 25.7 Å². The van der Waals surface area contributed by atoms with Crippen LogP contribution in [0, 0.1) is 5.92 Å². The summed E-state index contributed by atoms with van der Waals surface area (Å²) in [6.45, 7) is 5.76. The van der Waals surface area contributed by atoms with E-state index in [0.29, 0.717) is 5.92 Å². The highest BCUT2D eigenvalue weighted by Crippen LogP contribution is 2.15. The van der Waals surface area contributed by atoms with E-state index in [1.807, 2.05) is 0 Å². The van der Waals surface area contributed by atoms with Crippen molar-refractivity contribution in [1.82, 2.24) is 4.90 Å². The number of hydrogen-bond donors (Lipinski definition) is 0. The molecule has 0 spiro atoms. The van der Waals surface area contributed by atoms with Gasteiger partial charge in [0.2, 0.25) is 0 Å². The SMILES string of the molecule is CN(CCC1OCCCO1)CC1CCCOC1. The maximum absolute atomic E-state index is 5.54. The molecule has 0 aromatic heterocycles. The maximum Gasteiger partial charge on any atom is 0.158 e. The van der Waals surface area contributed by atoms with Crippen molar-refractivity contribution in [2.45, 2.75) is 32.0 Å². The molecule has 2 heterocycles. The Hall–Kier alpha value is -0.160. The summed E-state index contributed by atoms with van der Waals surface area (Å²) in [4.78, 5) is 2.38. The van der Waals surface area contributed by atoms with Gasteiger partial charge in [-0.1, -0.05) is 0 Å². The monoisotopic (exact) mass is 243 g/mol. The molecule has 0 radical (unpaired) electrons. The molecule has 2 saturated heterocycles. The van der Waals surface area contributed by atoms with E-state index in [4.69, 9.17) is 14.2 Å². The van der Waals surface area contributed by atoms with Crippen molar-refractivity contribution in [3.63, 3.8) is 0 Å². The van der Waals surface area contributed by atoms with E-state index in [9.17, 15) is 0 Å². The topological polar surface area (TPSA) is 30.9 Å². The predicted molar refractivity (Wildman–Crippen MR) is 66.0 cm³/mol. The lowest BCUT2D eigenvalue weighted by molar-refractivity contribution is -0.182. The van der Waals surface area contributed by atoms with E-state index in [1.165, 1.54) is 12.8 Å². The molecular formula is C13H25NO3. The summed E-state index contributed by atoms with van der Waals surface area (Å²) in [6.07, 6.45) is 4.55. The Bertz CT molecular complexity index is 201. The average Bonchev–Trinajstić information content (AvgIpc) is 2.39. The predicted octanol–water partition coefficient (Wildman–Crippen LogP) is 1.50. The van der Waals surface area contributed by atoms with Crippen LogP contribution in [0.3, 0.4) is 0 Å². The van der Waals surface area contributed by atoms with Crippen LogP contribution in [0.15, 0.2) is 0 Å². The molecule has 4 heteroatoms. The van der Waals surface area contributed by atoms with Gasteiger partial charge < -0.3 is 19.1 Å². The lowest BCUT2D eigenvalue weighted by Crippen LogP contribution is -2.34. The van der Waals surface area contributed by atoms with Crippen LogP contribution in [0.25, 0.3) is 0 Å². The quantitative estimate of drug-likeness (QED) is 0.732. The van der Waals surface area contributed by atoms with Crippen molar-refractivity contribution >= 4 is 0 Å². The molecule has 4 nitrogen and oxygen atoms in total. The highest BCUT2D eigenvalue weighted by Gasteiger charge is 2.18. The molecule has 2 rings (SSSR count). The van der Waals surface area contributed by atoms with Crippen LogP contribution in [0.5, 0.6) is 0 Å². The van der Waals surface area contributed by atoms with Crippen LogP contribution < -0.4 is 0 Å². The Morgan fingerprint density at radius 1 is 1.12 bits per heavy atom. The summed E-state index contributed by atoms with van der Waals surface area (Å²) in [5, 5.41) is 0. The minimum atomic E-state index is 0.0220. The number of rotatable bonds is 5. The summed E-state index contributed by atoms with van der Waals surface area (Å²) in [7, 11) is 2.18. The van der Waals surface area contributed by atoms with Gasteiger partial charge in [-0.2, -0.15) is 0 Å². The van der Waals surface area contributed by atoms with Gasteiger partial charge in [0.1, 0.15) is 0 Å². The standard InChI is InChI=1S/C13H25NO3/c1-14(10-12-4-2-7-15-11-12)6-5-13-16-8-3-9-17-13/h12-13H,2-11H2,1H3. The largest absolute Gasteiger partial charge is 0.381 e. The molecule has 0 aromatic rings. The van der Waals surface area contributed by atoms with Crippen molar-refractivity contribution in [2.75, 3.05) is 46.6 Å². The Morgan fingerprint density at radius 3 is 2.65 bits per heavy atom. The zero-order valence-corrected chi connectivity index (χ0v) is 10.9. The van der Waals surface area contributed by atoms with Gasteiger partial charge in [-0.3, -0.25) is 0 Å². The van der Waals surface area contributed by atoms with E-state index in [0.717, 1.165) is 52.4 Å². The minimum Gasteiger partial charge on any atom is -0.381 e. The molecule has 0 aliphatic carbocycles. The van der Waals surface area contributed by atoms with Crippen LogP contribution in [0.4, 0.5) is 0 Å². The second-order valence-electron chi connectivity index (χ2n) is 5.16. The summed E-state index contributed by atoms with van der Waals surface area (Å²) >= 11 is 0.